The monoisotopic (exact) mass is 371 g/mol. The number of nitrogens with one attached hydrogen (secondary N) is 1. The molecule has 0 aromatic heterocycles. The van der Waals surface area contributed by atoms with Crippen LogP contribution < -0.4 is 5.32 Å². The lowest BCUT2D eigenvalue weighted by Gasteiger charge is -2.14. The summed E-state index contributed by atoms with van der Waals surface area (Å²) < 4.78 is 1.27. The van der Waals surface area contributed by atoms with Crippen LogP contribution in [0.1, 0.15) is 24.1 Å². The first kappa shape index (κ1) is 13.8. The summed E-state index contributed by atoms with van der Waals surface area (Å²) in [7, 11) is 0. The molecule has 2 rings (SSSR count). The minimum absolute atomic E-state index is 0.321. The molecular weight excluding hydrogens is 357 g/mol. The van der Waals surface area contributed by atoms with Gasteiger partial charge in [0.25, 0.3) is 0 Å². The largest absolute Gasteiger partial charge is 0.306 e. The van der Waals surface area contributed by atoms with E-state index in [0.717, 1.165) is 11.6 Å². The van der Waals surface area contributed by atoms with Gasteiger partial charge < -0.3 is 5.32 Å². The Labute approximate surface area is 127 Å². The van der Waals surface area contributed by atoms with Gasteiger partial charge in [-0.25, -0.2) is 0 Å². The van der Waals surface area contributed by atoms with E-state index in [0.29, 0.717) is 6.04 Å². The van der Waals surface area contributed by atoms with Crippen LogP contribution in [-0.2, 0) is 6.54 Å². The maximum absolute atomic E-state index is 5.88. The van der Waals surface area contributed by atoms with Crippen molar-refractivity contribution in [3.8, 4) is 0 Å². The fourth-order valence-electron chi connectivity index (χ4n) is 1.74. The van der Waals surface area contributed by atoms with E-state index in [1.807, 2.05) is 12.1 Å². The van der Waals surface area contributed by atoms with Crippen molar-refractivity contribution >= 4 is 34.2 Å². The standard InChI is InChI=1S/C15H15ClIN/c1-11(13-4-6-14(16)7-5-13)18-10-12-2-8-15(17)9-3-12/h2-9,11,18H,10H2,1H3/t11-/m1/s1. The van der Waals surface area contributed by atoms with E-state index in [-0.39, 0.29) is 0 Å². The van der Waals surface area contributed by atoms with Gasteiger partial charge in [-0.05, 0) is 64.9 Å². The van der Waals surface area contributed by atoms with Crippen molar-refractivity contribution in [3.05, 3.63) is 68.3 Å². The molecule has 0 aliphatic rings. The van der Waals surface area contributed by atoms with Crippen LogP contribution in [0.4, 0.5) is 0 Å². The molecule has 0 spiro atoms. The smallest absolute Gasteiger partial charge is 0.0406 e. The minimum atomic E-state index is 0.321. The maximum Gasteiger partial charge on any atom is 0.0406 e. The molecule has 2 aromatic carbocycles. The summed E-state index contributed by atoms with van der Waals surface area (Å²) in [5.74, 6) is 0. The summed E-state index contributed by atoms with van der Waals surface area (Å²) in [5, 5.41) is 4.29. The first-order chi connectivity index (χ1) is 8.65. The first-order valence-corrected chi connectivity index (χ1v) is 7.34. The van der Waals surface area contributed by atoms with Crippen LogP contribution in [0, 0.1) is 3.57 Å². The Bertz CT molecular complexity index is 493. The Balaban J connectivity index is 1.93. The van der Waals surface area contributed by atoms with Crippen molar-refractivity contribution in [2.75, 3.05) is 0 Å². The molecule has 2 aromatic rings. The average Bonchev–Trinajstić information content (AvgIpc) is 2.38. The molecule has 0 fully saturated rings. The molecule has 0 saturated carbocycles. The van der Waals surface area contributed by atoms with E-state index in [4.69, 9.17) is 11.6 Å². The highest BCUT2D eigenvalue weighted by Crippen LogP contribution is 2.16. The molecule has 94 valence electrons. The molecule has 0 unspecified atom stereocenters. The van der Waals surface area contributed by atoms with Crippen molar-refractivity contribution in [2.24, 2.45) is 0 Å². The Hall–Kier alpha value is -0.580. The number of halogens is 2. The number of hydrogen-bond donors (Lipinski definition) is 1. The van der Waals surface area contributed by atoms with Crippen LogP contribution >= 0.6 is 34.2 Å². The first-order valence-electron chi connectivity index (χ1n) is 5.88. The van der Waals surface area contributed by atoms with Crippen molar-refractivity contribution in [1.82, 2.24) is 5.32 Å². The third-order valence-electron chi connectivity index (χ3n) is 2.90. The van der Waals surface area contributed by atoms with E-state index in [2.05, 4.69) is 71.2 Å². The summed E-state index contributed by atoms with van der Waals surface area (Å²) in [4.78, 5) is 0. The van der Waals surface area contributed by atoms with Crippen LogP contribution in [0.3, 0.4) is 0 Å². The minimum Gasteiger partial charge on any atom is -0.306 e. The highest BCUT2D eigenvalue weighted by atomic mass is 127. The van der Waals surface area contributed by atoms with Gasteiger partial charge in [0.2, 0.25) is 0 Å². The summed E-state index contributed by atoms with van der Waals surface area (Å²) in [6.45, 7) is 3.04. The van der Waals surface area contributed by atoms with Crippen molar-refractivity contribution in [2.45, 2.75) is 19.5 Å². The lowest BCUT2D eigenvalue weighted by Crippen LogP contribution is -2.17. The van der Waals surface area contributed by atoms with E-state index < -0.39 is 0 Å². The van der Waals surface area contributed by atoms with E-state index in [9.17, 15) is 0 Å². The zero-order chi connectivity index (χ0) is 13.0. The third kappa shape index (κ3) is 3.97. The average molecular weight is 372 g/mol. The van der Waals surface area contributed by atoms with Crippen molar-refractivity contribution in [3.63, 3.8) is 0 Å². The fourth-order valence-corrected chi connectivity index (χ4v) is 2.23. The second kappa shape index (κ2) is 6.55. The van der Waals surface area contributed by atoms with Crippen molar-refractivity contribution in [1.29, 1.82) is 0 Å². The predicted molar refractivity (Wildman–Crippen MR) is 85.9 cm³/mol. The molecule has 0 heterocycles. The topological polar surface area (TPSA) is 12.0 Å². The van der Waals surface area contributed by atoms with Crippen molar-refractivity contribution < 1.29 is 0 Å². The summed E-state index contributed by atoms with van der Waals surface area (Å²) in [5.41, 5.74) is 2.56. The van der Waals surface area contributed by atoms with Gasteiger partial charge in [-0.15, -0.1) is 0 Å². The Morgan fingerprint density at radius 3 is 2.28 bits per heavy atom. The molecule has 1 nitrogen and oxygen atoms in total. The molecule has 0 saturated heterocycles. The molecule has 18 heavy (non-hydrogen) atoms. The van der Waals surface area contributed by atoms with Crippen LogP contribution in [0.25, 0.3) is 0 Å². The highest BCUT2D eigenvalue weighted by molar-refractivity contribution is 14.1. The van der Waals surface area contributed by atoms with Crippen LogP contribution in [0.5, 0.6) is 0 Å². The number of hydrogen-bond acceptors (Lipinski definition) is 1. The van der Waals surface area contributed by atoms with E-state index in [1.165, 1.54) is 14.7 Å². The molecule has 1 N–H and O–H groups in total. The predicted octanol–water partition coefficient (Wildman–Crippen LogP) is 4.80. The quantitative estimate of drug-likeness (QED) is 0.762. The summed E-state index contributed by atoms with van der Waals surface area (Å²) >= 11 is 8.20. The number of benzene rings is 2. The second-order valence-corrected chi connectivity index (χ2v) is 5.96. The van der Waals surface area contributed by atoms with Crippen LogP contribution in [0.2, 0.25) is 5.02 Å². The molecule has 0 bridgehead atoms. The molecular formula is C15H15ClIN. The Morgan fingerprint density at radius 1 is 1.06 bits per heavy atom. The molecule has 0 radical (unpaired) electrons. The molecule has 1 atom stereocenters. The second-order valence-electron chi connectivity index (χ2n) is 4.28. The number of rotatable bonds is 4. The van der Waals surface area contributed by atoms with Gasteiger partial charge in [0.1, 0.15) is 0 Å². The lowest BCUT2D eigenvalue weighted by atomic mass is 10.1. The van der Waals surface area contributed by atoms with E-state index in [1.54, 1.807) is 0 Å². The Morgan fingerprint density at radius 2 is 1.67 bits per heavy atom. The van der Waals surface area contributed by atoms with Gasteiger partial charge in [-0.3, -0.25) is 0 Å². The zero-order valence-corrected chi connectivity index (χ0v) is 13.1. The summed E-state index contributed by atoms with van der Waals surface area (Å²) in [6, 6.07) is 16.9. The van der Waals surface area contributed by atoms with Gasteiger partial charge >= 0.3 is 0 Å². The molecule has 0 amide bonds. The SMILES string of the molecule is C[C@@H](NCc1ccc(I)cc1)c1ccc(Cl)cc1. The lowest BCUT2D eigenvalue weighted by molar-refractivity contribution is 0.575. The molecule has 0 aliphatic heterocycles. The van der Waals surface area contributed by atoms with Gasteiger partial charge in [-0.1, -0.05) is 35.9 Å². The van der Waals surface area contributed by atoms with Gasteiger partial charge in [0.15, 0.2) is 0 Å². The van der Waals surface area contributed by atoms with Crippen LogP contribution in [-0.4, -0.2) is 0 Å². The highest BCUT2D eigenvalue weighted by Gasteiger charge is 2.04. The zero-order valence-electron chi connectivity index (χ0n) is 10.2. The van der Waals surface area contributed by atoms with Gasteiger partial charge in [-0.2, -0.15) is 0 Å². The normalized spacial score (nSPS) is 12.4. The van der Waals surface area contributed by atoms with E-state index >= 15 is 0 Å². The summed E-state index contributed by atoms with van der Waals surface area (Å²) in [6.07, 6.45) is 0. The van der Waals surface area contributed by atoms with Gasteiger partial charge in [0.05, 0.1) is 0 Å². The Kier molecular flexibility index (Phi) is 5.03. The van der Waals surface area contributed by atoms with Gasteiger partial charge in [0, 0.05) is 21.2 Å². The third-order valence-corrected chi connectivity index (χ3v) is 3.87. The molecule has 0 aliphatic carbocycles. The van der Waals surface area contributed by atoms with Crippen LogP contribution in [0.15, 0.2) is 48.5 Å². The maximum atomic E-state index is 5.88. The fraction of sp³-hybridized carbons (Fsp3) is 0.200. The molecule has 3 heteroatoms.